The van der Waals surface area contributed by atoms with Gasteiger partial charge in [0.2, 0.25) is 0 Å². The topological polar surface area (TPSA) is 49.8 Å². The highest BCUT2D eigenvalue weighted by atomic mass is 16.6. The van der Waals surface area contributed by atoms with Gasteiger partial charge in [0.15, 0.2) is 0 Å². The van der Waals surface area contributed by atoms with E-state index in [-0.39, 0.29) is 18.7 Å². The fourth-order valence-corrected chi connectivity index (χ4v) is 1.85. The zero-order valence-corrected chi connectivity index (χ0v) is 9.82. The van der Waals surface area contributed by atoms with Crippen LogP contribution in [0.3, 0.4) is 0 Å². The molecular formula is C11H21NO3. The summed E-state index contributed by atoms with van der Waals surface area (Å²) in [6, 6.07) is 0.157. The molecule has 0 radical (unpaired) electrons. The van der Waals surface area contributed by atoms with E-state index in [1.54, 1.807) is 4.90 Å². The molecule has 0 bridgehead atoms. The van der Waals surface area contributed by atoms with Crippen molar-refractivity contribution < 1.29 is 14.6 Å². The van der Waals surface area contributed by atoms with Crippen LogP contribution in [0.25, 0.3) is 0 Å². The first-order valence-electron chi connectivity index (χ1n) is 5.54. The number of nitrogens with zero attached hydrogens (tertiary/aromatic N) is 1. The van der Waals surface area contributed by atoms with Crippen LogP contribution >= 0.6 is 0 Å². The molecule has 0 aromatic carbocycles. The molecule has 4 nitrogen and oxygen atoms in total. The molecule has 4 heteroatoms. The molecule has 1 aliphatic heterocycles. The second kappa shape index (κ2) is 4.84. The molecule has 0 aliphatic carbocycles. The third-order valence-corrected chi connectivity index (χ3v) is 2.47. The van der Waals surface area contributed by atoms with E-state index in [1.165, 1.54) is 0 Å². The lowest BCUT2D eigenvalue weighted by Crippen LogP contribution is -2.40. The first-order chi connectivity index (χ1) is 6.94. The van der Waals surface area contributed by atoms with Gasteiger partial charge in [-0.2, -0.15) is 0 Å². The molecule has 0 aromatic rings. The lowest BCUT2D eigenvalue weighted by molar-refractivity contribution is 0.0209. The summed E-state index contributed by atoms with van der Waals surface area (Å²) in [7, 11) is 0. The molecule has 0 saturated carbocycles. The van der Waals surface area contributed by atoms with E-state index in [9.17, 15) is 4.79 Å². The van der Waals surface area contributed by atoms with Crippen molar-refractivity contribution in [3.63, 3.8) is 0 Å². The summed E-state index contributed by atoms with van der Waals surface area (Å²) in [6.45, 7) is 6.47. The number of rotatable bonds is 2. The van der Waals surface area contributed by atoms with Gasteiger partial charge in [0.1, 0.15) is 5.60 Å². The minimum atomic E-state index is -0.441. The number of hydrogen-bond donors (Lipinski definition) is 1. The van der Waals surface area contributed by atoms with Crippen LogP contribution in [0.15, 0.2) is 0 Å². The molecule has 1 saturated heterocycles. The smallest absolute Gasteiger partial charge is 0.410 e. The number of carbonyl (C=O) groups is 1. The van der Waals surface area contributed by atoms with E-state index < -0.39 is 5.60 Å². The molecule has 88 valence electrons. The van der Waals surface area contributed by atoms with Crippen LogP contribution in [0.1, 0.15) is 40.0 Å². The van der Waals surface area contributed by atoms with Crippen LogP contribution in [0.5, 0.6) is 0 Å². The van der Waals surface area contributed by atoms with E-state index in [2.05, 4.69) is 0 Å². The molecule has 1 atom stereocenters. The van der Waals surface area contributed by atoms with Gasteiger partial charge in [-0.15, -0.1) is 0 Å². The van der Waals surface area contributed by atoms with Crippen LogP contribution in [-0.2, 0) is 4.74 Å². The van der Waals surface area contributed by atoms with E-state index in [1.807, 2.05) is 20.8 Å². The van der Waals surface area contributed by atoms with Gasteiger partial charge in [-0.05, 0) is 40.0 Å². The highest BCUT2D eigenvalue weighted by Gasteiger charge is 2.31. The number of likely N-dealkylation sites (tertiary alicyclic amines) is 1. The highest BCUT2D eigenvalue weighted by molar-refractivity contribution is 5.68. The number of ether oxygens (including phenoxy) is 1. The lowest BCUT2D eigenvalue weighted by Gasteiger charge is -2.28. The number of aliphatic hydroxyl groups is 1. The average molecular weight is 215 g/mol. The predicted molar refractivity (Wildman–Crippen MR) is 57.7 cm³/mol. The molecule has 1 fully saturated rings. The summed E-state index contributed by atoms with van der Waals surface area (Å²) in [5, 5.41) is 8.88. The second-order valence-electron chi connectivity index (χ2n) is 4.98. The minimum absolute atomic E-state index is 0.129. The zero-order valence-electron chi connectivity index (χ0n) is 9.82. The Morgan fingerprint density at radius 2 is 2.20 bits per heavy atom. The molecule has 0 aromatic heterocycles. The van der Waals surface area contributed by atoms with Crippen LogP contribution < -0.4 is 0 Å². The first-order valence-corrected chi connectivity index (χ1v) is 5.54. The Bertz CT molecular complexity index is 222. The molecule has 1 heterocycles. The molecule has 1 aliphatic rings. The normalized spacial score (nSPS) is 21.9. The fourth-order valence-electron chi connectivity index (χ4n) is 1.85. The Hall–Kier alpha value is -0.770. The number of hydrogen-bond acceptors (Lipinski definition) is 3. The molecule has 0 unspecified atom stereocenters. The summed E-state index contributed by atoms with van der Waals surface area (Å²) in [5.74, 6) is 0. The monoisotopic (exact) mass is 215 g/mol. The average Bonchev–Trinajstić information content (AvgIpc) is 2.49. The molecule has 1 rings (SSSR count). The number of carbonyl (C=O) groups excluding carboxylic acids is 1. The van der Waals surface area contributed by atoms with Crippen molar-refractivity contribution in [2.24, 2.45) is 0 Å². The Balaban J connectivity index is 2.51. The molecule has 0 spiro atoms. The summed E-state index contributed by atoms with van der Waals surface area (Å²) in [5.41, 5.74) is -0.441. The highest BCUT2D eigenvalue weighted by Crippen LogP contribution is 2.22. The van der Waals surface area contributed by atoms with Crippen molar-refractivity contribution in [1.82, 2.24) is 4.90 Å². The maximum Gasteiger partial charge on any atom is 0.410 e. The predicted octanol–water partition coefficient (Wildman–Crippen LogP) is 1.77. The first kappa shape index (κ1) is 12.3. The van der Waals surface area contributed by atoms with Gasteiger partial charge in [0.05, 0.1) is 0 Å². The minimum Gasteiger partial charge on any atom is -0.444 e. The van der Waals surface area contributed by atoms with E-state index in [0.717, 1.165) is 19.4 Å². The SMILES string of the molecule is CC(C)(C)OC(=O)N1CCC[C@@H]1CCO. The van der Waals surface area contributed by atoms with E-state index >= 15 is 0 Å². The summed E-state index contributed by atoms with van der Waals surface area (Å²) < 4.78 is 5.30. The van der Waals surface area contributed by atoms with E-state index in [4.69, 9.17) is 9.84 Å². The van der Waals surface area contributed by atoms with Gasteiger partial charge in [-0.25, -0.2) is 4.79 Å². The van der Waals surface area contributed by atoms with Gasteiger partial charge < -0.3 is 14.7 Å². The van der Waals surface area contributed by atoms with Gasteiger partial charge in [-0.3, -0.25) is 0 Å². The standard InChI is InChI=1S/C11H21NO3/c1-11(2,3)15-10(14)12-7-4-5-9(12)6-8-13/h9,13H,4-8H2,1-3H3/t9-/m1/s1. The van der Waals surface area contributed by atoms with Crippen LogP contribution in [-0.4, -0.2) is 40.9 Å². The maximum absolute atomic E-state index is 11.8. The maximum atomic E-state index is 11.8. The van der Waals surface area contributed by atoms with Crippen molar-refractivity contribution in [3.8, 4) is 0 Å². The van der Waals surface area contributed by atoms with Crippen LogP contribution in [0.2, 0.25) is 0 Å². The molecular weight excluding hydrogens is 194 g/mol. The quantitative estimate of drug-likeness (QED) is 0.763. The number of amides is 1. The van der Waals surface area contributed by atoms with Gasteiger partial charge in [0, 0.05) is 19.2 Å². The molecule has 15 heavy (non-hydrogen) atoms. The van der Waals surface area contributed by atoms with Gasteiger partial charge >= 0.3 is 6.09 Å². The Labute approximate surface area is 91.2 Å². The van der Waals surface area contributed by atoms with Crippen molar-refractivity contribution in [2.45, 2.75) is 51.7 Å². The summed E-state index contributed by atoms with van der Waals surface area (Å²) >= 11 is 0. The van der Waals surface area contributed by atoms with Crippen LogP contribution in [0, 0.1) is 0 Å². The fraction of sp³-hybridized carbons (Fsp3) is 0.909. The van der Waals surface area contributed by atoms with Crippen LogP contribution in [0.4, 0.5) is 4.79 Å². The third-order valence-electron chi connectivity index (χ3n) is 2.47. The van der Waals surface area contributed by atoms with Gasteiger partial charge in [0.25, 0.3) is 0 Å². The molecule has 1 N–H and O–H groups in total. The largest absolute Gasteiger partial charge is 0.444 e. The Kier molecular flexibility index (Phi) is 3.97. The Morgan fingerprint density at radius 1 is 1.53 bits per heavy atom. The van der Waals surface area contributed by atoms with Gasteiger partial charge in [-0.1, -0.05) is 0 Å². The van der Waals surface area contributed by atoms with Crippen molar-refractivity contribution in [3.05, 3.63) is 0 Å². The number of aliphatic hydroxyl groups excluding tert-OH is 1. The molecule has 1 amide bonds. The third kappa shape index (κ3) is 3.70. The Morgan fingerprint density at radius 3 is 2.73 bits per heavy atom. The second-order valence-corrected chi connectivity index (χ2v) is 4.98. The zero-order chi connectivity index (χ0) is 11.5. The van der Waals surface area contributed by atoms with Crippen molar-refractivity contribution >= 4 is 6.09 Å². The summed E-state index contributed by atoms with van der Waals surface area (Å²) in [4.78, 5) is 13.5. The summed E-state index contributed by atoms with van der Waals surface area (Å²) in [6.07, 6.45) is 2.38. The van der Waals surface area contributed by atoms with E-state index in [0.29, 0.717) is 6.42 Å². The lowest BCUT2D eigenvalue weighted by atomic mass is 10.1. The van der Waals surface area contributed by atoms with Crippen molar-refractivity contribution in [1.29, 1.82) is 0 Å². The van der Waals surface area contributed by atoms with Crippen molar-refractivity contribution in [2.75, 3.05) is 13.2 Å².